The molecule has 0 saturated carbocycles. The number of rotatable bonds is 7. The maximum Gasteiger partial charge on any atom is 0.338 e. The third kappa shape index (κ3) is 5.78. The van der Waals surface area contributed by atoms with Gasteiger partial charge >= 0.3 is 5.97 Å². The monoisotopic (exact) mass is 420 g/mol. The summed E-state index contributed by atoms with van der Waals surface area (Å²) in [6.45, 7) is 3.07. The Morgan fingerprint density at radius 2 is 1.55 bits per heavy atom. The smallest absolute Gasteiger partial charge is 0.338 e. The average molecular weight is 420 g/mol. The zero-order valence-corrected chi connectivity index (χ0v) is 17.4. The third-order valence-corrected chi connectivity index (χ3v) is 5.52. The molecule has 2 aromatic rings. The van der Waals surface area contributed by atoms with Gasteiger partial charge in [-0.25, -0.2) is 13.2 Å². The van der Waals surface area contributed by atoms with Crippen molar-refractivity contribution in [3.05, 3.63) is 59.7 Å². The molecule has 9 heteroatoms. The number of nitrogens with zero attached hydrogens (tertiary/aromatic N) is 1. The Hall–Kier alpha value is -2.91. The second-order valence-electron chi connectivity index (χ2n) is 6.71. The lowest BCUT2D eigenvalue weighted by Gasteiger charge is -2.17. The summed E-state index contributed by atoms with van der Waals surface area (Å²) in [5.74, 6) is -1.03. The highest BCUT2D eigenvalue weighted by molar-refractivity contribution is 7.92. The van der Waals surface area contributed by atoms with Crippen LogP contribution in [0.4, 0.5) is 5.69 Å². The molecule has 0 aromatic heterocycles. The van der Waals surface area contributed by atoms with Gasteiger partial charge in [0.2, 0.25) is 0 Å². The Balaban J connectivity index is 2.08. The molecule has 0 aliphatic heterocycles. The SMILES string of the molecule is C[C@H](OC(=O)c1ccc(NS(=O)(=O)c2ccc([C@@H](C)O)cc2)cc1)C(=O)N(C)C. The number of sulfonamides is 1. The number of carbonyl (C=O) groups is 2. The fourth-order valence-corrected chi connectivity index (χ4v) is 3.52. The van der Waals surface area contributed by atoms with Crippen LogP contribution in [0.2, 0.25) is 0 Å². The third-order valence-electron chi connectivity index (χ3n) is 4.12. The van der Waals surface area contributed by atoms with Crippen molar-refractivity contribution in [3.8, 4) is 0 Å². The number of hydrogen-bond donors (Lipinski definition) is 2. The van der Waals surface area contributed by atoms with Crippen LogP contribution < -0.4 is 4.72 Å². The summed E-state index contributed by atoms with van der Waals surface area (Å²) in [5, 5.41) is 9.51. The molecule has 0 radical (unpaired) electrons. The number of aliphatic hydroxyl groups is 1. The van der Waals surface area contributed by atoms with Crippen LogP contribution in [-0.4, -0.2) is 50.5 Å². The lowest BCUT2D eigenvalue weighted by molar-refractivity contribution is -0.137. The van der Waals surface area contributed by atoms with Gasteiger partial charge in [-0.1, -0.05) is 12.1 Å². The van der Waals surface area contributed by atoms with Crippen molar-refractivity contribution in [1.29, 1.82) is 0 Å². The predicted molar refractivity (Wildman–Crippen MR) is 108 cm³/mol. The number of nitrogens with one attached hydrogen (secondary N) is 1. The van der Waals surface area contributed by atoms with Crippen molar-refractivity contribution >= 4 is 27.6 Å². The van der Waals surface area contributed by atoms with Crippen LogP contribution >= 0.6 is 0 Å². The number of esters is 1. The van der Waals surface area contributed by atoms with Gasteiger partial charge in [-0.15, -0.1) is 0 Å². The van der Waals surface area contributed by atoms with Gasteiger partial charge in [0.25, 0.3) is 15.9 Å². The van der Waals surface area contributed by atoms with Gasteiger partial charge in [-0.3, -0.25) is 9.52 Å². The Bertz CT molecular complexity index is 967. The molecule has 0 aliphatic rings. The van der Waals surface area contributed by atoms with Crippen LogP contribution in [0.15, 0.2) is 53.4 Å². The first kappa shape index (κ1) is 22.4. The Kier molecular flexibility index (Phi) is 6.99. The standard InChI is InChI=1S/C20H24N2O6S/c1-13(23)15-7-11-18(12-8-15)29(26,27)21-17-9-5-16(6-10-17)20(25)28-14(2)19(24)22(3)4/h5-14,21,23H,1-4H3/t13-,14+/m1/s1. The quantitative estimate of drug-likeness (QED) is 0.664. The first-order chi connectivity index (χ1) is 13.5. The molecule has 2 atom stereocenters. The van der Waals surface area contributed by atoms with E-state index < -0.39 is 28.2 Å². The maximum atomic E-state index is 12.5. The van der Waals surface area contributed by atoms with Crippen LogP contribution in [0.25, 0.3) is 0 Å². The summed E-state index contributed by atoms with van der Waals surface area (Å²) in [6.07, 6.45) is -1.62. The maximum absolute atomic E-state index is 12.5. The molecule has 0 fully saturated rings. The summed E-state index contributed by atoms with van der Waals surface area (Å²) in [6, 6.07) is 11.5. The topological polar surface area (TPSA) is 113 Å². The second-order valence-corrected chi connectivity index (χ2v) is 8.39. The lowest BCUT2D eigenvalue weighted by Crippen LogP contribution is -2.34. The van der Waals surface area contributed by atoms with Crippen LogP contribution in [0.1, 0.15) is 35.9 Å². The minimum absolute atomic E-state index is 0.0430. The molecule has 29 heavy (non-hydrogen) atoms. The highest BCUT2D eigenvalue weighted by atomic mass is 32.2. The number of benzene rings is 2. The minimum Gasteiger partial charge on any atom is -0.449 e. The number of ether oxygens (including phenoxy) is 1. The van der Waals surface area contributed by atoms with E-state index in [1.807, 2.05) is 0 Å². The predicted octanol–water partition coefficient (Wildman–Crippen LogP) is 2.17. The molecular formula is C20H24N2O6S. The number of likely N-dealkylation sites (N-methyl/N-ethyl adjacent to an activating group) is 1. The van der Waals surface area contributed by atoms with E-state index >= 15 is 0 Å². The first-order valence-electron chi connectivity index (χ1n) is 8.84. The fraction of sp³-hybridized carbons (Fsp3) is 0.300. The van der Waals surface area contributed by atoms with E-state index in [2.05, 4.69) is 4.72 Å². The van der Waals surface area contributed by atoms with Gasteiger partial charge in [-0.05, 0) is 55.8 Å². The molecule has 0 spiro atoms. The highest BCUT2D eigenvalue weighted by Crippen LogP contribution is 2.20. The molecule has 0 saturated heterocycles. The molecule has 8 nitrogen and oxygen atoms in total. The Morgan fingerprint density at radius 1 is 1.00 bits per heavy atom. The summed E-state index contributed by atoms with van der Waals surface area (Å²) < 4.78 is 32.5. The van der Waals surface area contributed by atoms with E-state index in [0.29, 0.717) is 5.56 Å². The molecule has 156 valence electrons. The molecule has 0 bridgehead atoms. The normalized spacial score (nSPS) is 13.3. The molecular weight excluding hydrogens is 396 g/mol. The highest BCUT2D eigenvalue weighted by Gasteiger charge is 2.20. The molecule has 2 aromatic carbocycles. The molecule has 2 N–H and O–H groups in total. The van der Waals surface area contributed by atoms with Crippen LogP contribution in [-0.2, 0) is 19.6 Å². The Morgan fingerprint density at radius 3 is 2.03 bits per heavy atom. The number of anilines is 1. The van der Waals surface area contributed by atoms with E-state index in [1.165, 1.54) is 60.4 Å². The van der Waals surface area contributed by atoms with Crippen LogP contribution in [0.3, 0.4) is 0 Å². The molecule has 1 amide bonds. The van der Waals surface area contributed by atoms with E-state index in [4.69, 9.17) is 4.74 Å². The number of amides is 1. The number of hydrogen-bond acceptors (Lipinski definition) is 6. The average Bonchev–Trinajstić information content (AvgIpc) is 2.67. The summed E-state index contributed by atoms with van der Waals surface area (Å²) in [4.78, 5) is 25.3. The molecule has 0 unspecified atom stereocenters. The van der Waals surface area contributed by atoms with Gasteiger partial charge in [-0.2, -0.15) is 0 Å². The lowest BCUT2D eigenvalue weighted by atomic mass is 10.1. The molecule has 2 rings (SSSR count). The van der Waals surface area contributed by atoms with E-state index in [0.717, 1.165) is 0 Å². The van der Waals surface area contributed by atoms with Gasteiger partial charge < -0.3 is 14.7 Å². The summed E-state index contributed by atoms with van der Waals surface area (Å²) in [5.41, 5.74) is 1.06. The Labute approximate surface area is 170 Å². The van der Waals surface area contributed by atoms with Gasteiger partial charge in [0.05, 0.1) is 16.6 Å². The minimum atomic E-state index is -3.83. The van der Waals surface area contributed by atoms with Crippen molar-refractivity contribution in [2.24, 2.45) is 0 Å². The fourth-order valence-electron chi connectivity index (χ4n) is 2.46. The zero-order valence-electron chi connectivity index (χ0n) is 16.6. The van der Waals surface area contributed by atoms with Crippen molar-refractivity contribution < 1.29 is 27.9 Å². The number of carbonyl (C=O) groups excluding carboxylic acids is 2. The van der Waals surface area contributed by atoms with Gasteiger partial charge in [0.1, 0.15) is 0 Å². The van der Waals surface area contributed by atoms with E-state index in [-0.39, 0.29) is 22.1 Å². The van der Waals surface area contributed by atoms with Crippen molar-refractivity contribution in [2.45, 2.75) is 31.0 Å². The largest absolute Gasteiger partial charge is 0.449 e. The van der Waals surface area contributed by atoms with Crippen molar-refractivity contribution in [1.82, 2.24) is 4.90 Å². The van der Waals surface area contributed by atoms with Crippen molar-refractivity contribution in [2.75, 3.05) is 18.8 Å². The van der Waals surface area contributed by atoms with Gasteiger partial charge in [0.15, 0.2) is 6.10 Å². The first-order valence-corrected chi connectivity index (χ1v) is 10.3. The zero-order chi connectivity index (χ0) is 21.8. The van der Waals surface area contributed by atoms with Crippen LogP contribution in [0, 0.1) is 0 Å². The van der Waals surface area contributed by atoms with Crippen LogP contribution in [0.5, 0.6) is 0 Å². The van der Waals surface area contributed by atoms with E-state index in [9.17, 15) is 23.1 Å². The second kappa shape index (κ2) is 9.06. The summed E-state index contributed by atoms with van der Waals surface area (Å²) in [7, 11) is -0.705. The van der Waals surface area contributed by atoms with Gasteiger partial charge in [0, 0.05) is 19.8 Å². The van der Waals surface area contributed by atoms with Crippen molar-refractivity contribution in [3.63, 3.8) is 0 Å². The number of aliphatic hydroxyl groups excluding tert-OH is 1. The summed E-state index contributed by atoms with van der Waals surface area (Å²) >= 11 is 0. The molecule has 0 aliphatic carbocycles. The van der Waals surface area contributed by atoms with E-state index in [1.54, 1.807) is 21.0 Å². The molecule has 0 heterocycles.